The Bertz CT molecular complexity index is 1130. The zero-order valence-electron chi connectivity index (χ0n) is 15.4. The number of ketones is 1. The Morgan fingerprint density at radius 1 is 1.11 bits per heavy atom. The number of carbonyl (C=O) groups excluding carboxylic acids is 1. The molecular weight excluding hydrogens is 356 g/mol. The minimum absolute atomic E-state index is 0.0814. The predicted molar refractivity (Wildman–Crippen MR) is 109 cm³/mol. The topological polar surface area (TPSA) is 63.6 Å². The lowest BCUT2D eigenvalue weighted by Gasteiger charge is -2.10. The molecule has 4 rings (SSSR count). The highest BCUT2D eigenvalue weighted by atomic mass is 32.2. The Kier molecular flexibility index (Phi) is 4.58. The minimum atomic E-state index is -0.267. The van der Waals surface area contributed by atoms with E-state index in [-0.39, 0.29) is 11.0 Å². The third-order valence-electron chi connectivity index (χ3n) is 4.73. The number of aromatic nitrogens is 4. The summed E-state index contributed by atoms with van der Waals surface area (Å²) in [5.41, 5.74) is 3.88. The van der Waals surface area contributed by atoms with Crippen molar-refractivity contribution < 1.29 is 4.79 Å². The number of rotatable bonds is 5. The molecule has 4 aromatic rings. The van der Waals surface area contributed by atoms with Crippen LogP contribution in [0.25, 0.3) is 22.3 Å². The minimum Gasteiger partial charge on any atom is -0.360 e. The molecule has 0 bridgehead atoms. The summed E-state index contributed by atoms with van der Waals surface area (Å²) in [6.45, 7) is 3.97. The summed E-state index contributed by atoms with van der Waals surface area (Å²) in [7, 11) is 1.94. The van der Waals surface area contributed by atoms with Crippen molar-refractivity contribution in [3.63, 3.8) is 0 Å². The van der Waals surface area contributed by atoms with Crippen LogP contribution in [0.4, 0.5) is 0 Å². The van der Waals surface area contributed by atoms with Gasteiger partial charge in [-0.1, -0.05) is 54.2 Å². The number of nitrogens with zero attached hydrogens (tertiary/aromatic N) is 3. The molecule has 0 saturated carbocycles. The van der Waals surface area contributed by atoms with Gasteiger partial charge in [-0.3, -0.25) is 4.79 Å². The molecule has 0 aliphatic carbocycles. The first kappa shape index (κ1) is 17.5. The normalized spacial score (nSPS) is 12.4. The fourth-order valence-electron chi connectivity index (χ4n) is 3.18. The summed E-state index contributed by atoms with van der Waals surface area (Å²) >= 11 is 1.43. The maximum atomic E-state index is 13.0. The summed E-state index contributed by atoms with van der Waals surface area (Å²) in [5, 5.41) is 10.1. The SMILES string of the molecule is Cc1ccccc1-c1nnc(S[C@@H](C)C(=O)c2c[nH]c3ccccc23)n1C. The van der Waals surface area contributed by atoms with Gasteiger partial charge < -0.3 is 9.55 Å². The van der Waals surface area contributed by atoms with Gasteiger partial charge in [-0.05, 0) is 25.5 Å². The second kappa shape index (κ2) is 7.04. The van der Waals surface area contributed by atoms with Crippen molar-refractivity contribution in [3.8, 4) is 11.4 Å². The monoisotopic (exact) mass is 376 g/mol. The van der Waals surface area contributed by atoms with Crippen LogP contribution < -0.4 is 0 Å². The number of aryl methyl sites for hydroxylation is 1. The van der Waals surface area contributed by atoms with Crippen molar-refractivity contribution in [3.05, 3.63) is 65.9 Å². The molecule has 0 amide bonds. The van der Waals surface area contributed by atoms with Crippen LogP contribution in [0.2, 0.25) is 0 Å². The number of nitrogens with one attached hydrogen (secondary N) is 1. The van der Waals surface area contributed by atoms with E-state index >= 15 is 0 Å². The first-order chi connectivity index (χ1) is 13.1. The number of fused-ring (bicyclic) bond motifs is 1. The van der Waals surface area contributed by atoms with Crippen molar-refractivity contribution in [2.45, 2.75) is 24.3 Å². The van der Waals surface area contributed by atoms with E-state index in [9.17, 15) is 4.79 Å². The molecule has 1 atom stereocenters. The molecule has 0 aliphatic heterocycles. The van der Waals surface area contributed by atoms with Crippen LogP contribution in [0.5, 0.6) is 0 Å². The Labute approximate surface area is 161 Å². The molecular formula is C21H20N4OS. The molecule has 136 valence electrons. The predicted octanol–water partition coefficient (Wildman–Crippen LogP) is 4.64. The molecule has 0 unspecified atom stereocenters. The molecule has 5 nitrogen and oxygen atoms in total. The van der Waals surface area contributed by atoms with E-state index in [1.165, 1.54) is 11.8 Å². The number of hydrogen-bond acceptors (Lipinski definition) is 4. The van der Waals surface area contributed by atoms with Crippen molar-refractivity contribution in [2.24, 2.45) is 7.05 Å². The maximum absolute atomic E-state index is 13.0. The van der Waals surface area contributed by atoms with Crippen LogP contribution in [-0.2, 0) is 7.05 Å². The number of thioether (sulfide) groups is 1. The Balaban J connectivity index is 1.59. The van der Waals surface area contributed by atoms with Crippen molar-refractivity contribution in [1.29, 1.82) is 0 Å². The van der Waals surface area contributed by atoms with Crippen LogP contribution >= 0.6 is 11.8 Å². The van der Waals surface area contributed by atoms with E-state index in [2.05, 4.69) is 28.2 Å². The highest BCUT2D eigenvalue weighted by molar-refractivity contribution is 8.00. The molecule has 6 heteroatoms. The van der Waals surface area contributed by atoms with Gasteiger partial charge in [0.1, 0.15) is 0 Å². The van der Waals surface area contributed by atoms with Crippen LogP contribution in [0.1, 0.15) is 22.8 Å². The average Bonchev–Trinajstić information content (AvgIpc) is 3.26. The largest absolute Gasteiger partial charge is 0.360 e. The number of para-hydroxylation sites is 1. The Morgan fingerprint density at radius 2 is 1.85 bits per heavy atom. The standard InChI is InChI=1S/C21H20N4OS/c1-13-8-4-5-9-15(13)20-23-24-21(25(20)3)27-14(2)19(26)17-12-22-18-11-7-6-10-16(17)18/h4-12,14,22H,1-3H3/t14-/m0/s1. The second-order valence-electron chi connectivity index (χ2n) is 6.55. The average molecular weight is 376 g/mol. The van der Waals surface area contributed by atoms with E-state index < -0.39 is 0 Å². The van der Waals surface area contributed by atoms with Crippen molar-refractivity contribution in [1.82, 2.24) is 19.7 Å². The van der Waals surface area contributed by atoms with Gasteiger partial charge in [-0.2, -0.15) is 0 Å². The van der Waals surface area contributed by atoms with Crippen molar-refractivity contribution in [2.75, 3.05) is 0 Å². The van der Waals surface area contributed by atoms with Crippen LogP contribution in [-0.4, -0.2) is 30.8 Å². The highest BCUT2D eigenvalue weighted by Gasteiger charge is 2.23. The van der Waals surface area contributed by atoms with Gasteiger partial charge in [0, 0.05) is 35.3 Å². The molecule has 0 fully saturated rings. The van der Waals surface area contributed by atoms with Crippen LogP contribution in [0, 0.1) is 6.92 Å². The van der Waals surface area contributed by atoms with E-state index in [4.69, 9.17) is 0 Å². The van der Waals surface area contributed by atoms with Gasteiger partial charge in [0.05, 0.1) is 5.25 Å². The third kappa shape index (κ3) is 3.17. The van der Waals surface area contributed by atoms with Gasteiger partial charge in [0.25, 0.3) is 0 Å². The fourth-order valence-corrected chi connectivity index (χ4v) is 4.06. The summed E-state index contributed by atoms with van der Waals surface area (Å²) < 4.78 is 1.95. The lowest BCUT2D eigenvalue weighted by Crippen LogP contribution is -2.14. The van der Waals surface area contributed by atoms with Crippen LogP contribution in [0.3, 0.4) is 0 Å². The van der Waals surface area contributed by atoms with Crippen LogP contribution in [0.15, 0.2) is 59.9 Å². The molecule has 0 spiro atoms. The highest BCUT2D eigenvalue weighted by Crippen LogP contribution is 2.30. The molecule has 27 heavy (non-hydrogen) atoms. The zero-order valence-corrected chi connectivity index (χ0v) is 16.2. The molecule has 0 radical (unpaired) electrons. The third-order valence-corrected chi connectivity index (χ3v) is 5.86. The summed E-state index contributed by atoms with van der Waals surface area (Å²) in [6, 6.07) is 15.9. The van der Waals surface area contributed by atoms with E-state index in [1.807, 2.05) is 61.0 Å². The van der Waals surface area contributed by atoms with Gasteiger partial charge in [-0.25, -0.2) is 0 Å². The zero-order chi connectivity index (χ0) is 19.0. The lowest BCUT2D eigenvalue weighted by molar-refractivity contribution is 0.0995. The second-order valence-corrected chi connectivity index (χ2v) is 7.86. The lowest BCUT2D eigenvalue weighted by atomic mass is 10.1. The van der Waals surface area contributed by atoms with E-state index in [0.29, 0.717) is 5.56 Å². The molecule has 2 aromatic carbocycles. The Hall–Kier alpha value is -2.86. The number of carbonyl (C=O) groups is 1. The molecule has 0 saturated heterocycles. The number of hydrogen-bond donors (Lipinski definition) is 1. The smallest absolute Gasteiger partial charge is 0.191 e. The van der Waals surface area contributed by atoms with E-state index in [1.54, 1.807) is 6.20 Å². The number of Topliss-reactive ketones (excluding diaryl/α,β-unsaturated/α-hetero) is 1. The maximum Gasteiger partial charge on any atom is 0.191 e. The van der Waals surface area contributed by atoms with Gasteiger partial charge >= 0.3 is 0 Å². The van der Waals surface area contributed by atoms with E-state index in [0.717, 1.165) is 33.0 Å². The first-order valence-electron chi connectivity index (χ1n) is 8.78. The van der Waals surface area contributed by atoms with Gasteiger partial charge in [0.15, 0.2) is 16.8 Å². The quantitative estimate of drug-likeness (QED) is 0.407. The molecule has 2 aromatic heterocycles. The number of benzene rings is 2. The molecule has 2 heterocycles. The summed E-state index contributed by atoms with van der Waals surface area (Å²) in [5.74, 6) is 0.889. The molecule has 1 N–H and O–H groups in total. The number of H-pyrrole nitrogens is 1. The summed E-state index contributed by atoms with van der Waals surface area (Å²) in [4.78, 5) is 16.1. The first-order valence-corrected chi connectivity index (χ1v) is 9.66. The van der Waals surface area contributed by atoms with Crippen molar-refractivity contribution >= 4 is 28.4 Å². The molecule has 0 aliphatic rings. The Morgan fingerprint density at radius 3 is 2.67 bits per heavy atom. The summed E-state index contributed by atoms with van der Waals surface area (Å²) in [6.07, 6.45) is 1.79. The van der Waals surface area contributed by atoms with Gasteiger partial charge in [0.2, 0.25) is 0 Å². The fraction of sp³-hybridized carbons (Fsp3) is 0.190. The number of aromatic amines is 1. The van der Waals surface area contributed by atoms with Gasteiger partial charge in [-0.15, -0.1) is 10.2 Å².